The molecule has 3 nitrogen and oxygen atoms in total. The molecule has 3 rings (SSSR count). The van der Waals surface area contributed by atoms with Crippen molar-refractivity contribution in [3.63, 3.8) is 0 Å². The molecule has 0 unspecified atom stereocenters. The minimum atomic E-state index is -0.575. The molecule has 0 heterocycles. The van der Waals surface area contributed by atoms with Crippen LogP contribution in [0.25, 0.3) is 0 Å². The van der Waals surface area contributed by atoms with Gasteiger partial charge in [0.15, 0.2) is 6.10 Å². The van der Waals surface area contributed by atoms with Gasteiger partial charge in [0.2, 0.25) is 0 Å². The zero-order valence-electron chi connectivity index (χ0n) is 16.4. The lowest BCUT2D eigenvalue weighted by Gasteiger charge is -2.17. The molecule has 3 aromatic carbocycles. The van der Waals surface area contributed by atoms with Crippen molar-refractivity contribution in [2.24, 2.45) is 0 Å². The van der Waals surface area contributed by atoms with Gasteiger partial charge in [-0.25, -0.2) is 0 Å². The summed E-state index contributed by atoms with van der Waals surface area (Å²) >= 11 is 1.79. The number of nitrogens with one attached hydrogen (secondary N) is 1. The molecule has 1 N–H and O–H groups in total. The third-order valence-corrected chi connectivity index (χ3v) is 5.47. The lowest BCUT2D eigenvalue weighted by atomic mass is 10.1. The van der Waals surface area contributed by atoms with Crippen LogP contribution in [0.5, 0.6) is 5.75 Å². The minimum Gasteiger partial charge on any atom is -0.481 e. The number of benzene rings is 3. The molecule has 0 spiro atoms. The molecule has 0 aliphatic heterocycles. The van der Waals surface area contributed by atoms with Crippen LogP contribution in [0.3, 0.4) is 0 Å². The van der Waals surface area contributed by atoms with E-state index in [4.69, 9.17) is 4.74 Å². The number of hydrogen-bond acceptors (Lipinski definition) is 3. The predicted octanol–water partition coefficient (Wildman–Crippen LogP) is 6.00. The van der Waals surface area contributed by atoms with Gasteiger partial charge in [-0.15, -0.1) is 11.8 Å². The fourth-order valence-electron chi connectivity index (χ4n) is 2.69. The van der Waals surface area contributed by atoms with Gasteiger partial charge in [-0.2, -0.15) is 0 Å². The summed E-state index contributed by atoms with van der Waals surface area (Å²) in [6.07, 6.45) is -0.575. The SMILES string of the molecule is Cc1ccc(C)c(O[C@H](C)C(=O)Nc2ccc(CSc3ccccc3)cc2)c1. The van der Waals surface area contributed by atoms with Gasteiger partial charge >= 0.3 is 0 Å². The standard InChI is InChI=1S/C24H25NO2S/c1-17-9-10-18(2)23(15-17)27-19(3)24(26)25-21-13-11-20(12-14-21)16-28-22-7-5-4-6-8-22/h4-15,19H,16H2,1-3H3,(H,25,26)/t19-/m1/s1. The van der Waals surface area contributed by atoms with Gasteiger partial charge in [-0.3, -0.25) is 4.79 Å². The van der Waals surface area contributed by atoms with E-state index >= 15 is 0 Å². The Morgan fingerprint density at radius 1 is 1.00 bits per heavy atom. The highest BCUT2D eigenvalue weighted by Gasteiger charge is 2.16. The highest BCUT2D eigenvalue weighted by molar-refractivity contribution is 7.98. The van der Waals surface area contributed by atoms with Gasteiger partial charge in [-0.05, 0) is 67.8 Å². The molecule has 0 aliphatic carbocycles. The Morgan fingerprint density at radius 3 is 2.43 bits per heavy atom. The van der Waals surface area contributed by atoms with Crippen LogP contribution in [0.1, 0.15) is 23.6 Å². The lowest BCUT2D eigenvalue weighted by Crippen LogP contribution is -2.30. The van der Waals surface area contributed by atoms with Crippen molar-refractivity contribution in [1.29, 1.82) is 0 Å². The number of thioether (sulfide) groups is 1. The zero-order valence-corrected chi connectivity index (χ0v) is 17.3. The molecule has 3 aromatic rings. The van der Waals surface area contributed by atoms with E-state index in [1.807, 2.05) is 74.5 Å². The van der Waals surface area contributed by atoms with Crippen molar-refractivity contribution < 1.29 is 9.53 Å². The second-order valence-electron chi connectivity index (χ2n) is 6.82. The van der Waals surface area contributed by atoms with Crippen LogP contribution in [0, 0.1) is 13.8 Å². The van der Waals surface area contributed by atoms with Crippen LogP contribution in [0.2, 0.25) is 0 Å². The second kappa shape index (κ2) is 9.47. The molecule has 0 saturated carbocycles. The number of hydrogen-bond donors (Lipinski definition) is 1. The molecule has 4 heteroatoms. The summed E-state index contributed by atoms with van der Waals surface area (Å²) in [7, 11) is 0. The second-order valence-corrected chi connectivity index (χ2v) is 7.87. The van der Waals surface area contributed by atoms with Crippen molar-refractivity contribution in [3.8, 4) is 5.75 Å². The minimum absolute atomic E-state index is 0.160. The van der Waals surface area contributed by atoms with E-state index in [1.54, 1.807) is 18.7 Å². The fourth-order valence-corrected chi connectivity index (χ4v) is 3.57. The van der Waals surface area contributed by atoms with Gasteiger partial charge in [0.25, 0.3) is 5.91 Å². The smallest absolute Gasteiger partial charge is 0.265 e. The summed E-state index contributed by atoms with van der Waals surface area (Å²) in [6.45, 7) is 5.75. The number of carbonyl (C=O) groups is 1. The Hall–Kier alpha value is -2.72. The van der Waals surface area contributed by atoms with Crippen LogP contribution < -0.4 is 10.1 Å². The molecule has 0 radical (unpaired) electrons. The molecular weight excluding hydrogens is 366 g/mol. The Morgan fingerprint density at radius 2 is 1.71 bits per heavy atom. The maximum Gasteiger partial charge on any atom is 0.265 e. The van der Waals surface area contributed by atoms with Crippen molar-refractivity contribution >= 4 is 23.4 Å². The van der Waals surface area contributed by atoms with E-state index in [0.29, 0.717) is 0 Å². The fraction of sp³-hybridized carbons (Fsp3) is 0.208. The molecular formula is C24H25NO2S. The molecule has 0 saturated heterocycles. The number of ether oxygens (including phenoxy) is 1. The number of aryl methyl sites for hydroxylation is 2. The highest BCUT2D eigenvalue weighted by atomic mass is 32.2. The normalized spacial score (nSPS) is 11.7. The largest absolute Gasteiger partial charge is 0.481 e. The monoisotopic (exact) mass is 391 g/mol. The maximum atomic E-state index is 12.5. The third kappa shape index (κ3) is 5.64. The van der Waals surface area contributed by atoms with Crippen LogP contribution in [-0.4, -0.2) is 12.0 Å². The average molecular weight is 392 g/mol. The van der Waals surface area contributed by atoms with Crippen molar-refractivity contribution in [3.05, 3.63) is 89.5 Å². The summed E-state index contributed by atoms with van der Waals surface area (Å²) in [6, 6.07) is 24.3. The van der Waals surface area contributed by atoms with E-state index in [1.165, 1.54) is 10.5 Å². The van der Waals surface area contributed by atoms with E-state index in [-0.39, 0.29) is 5.91 Å². The Labute approximate surface area is 171 Å². The Bertz CT molecular complexity index is 923. The number of anilines is 1. The van der Waals surface area contributed by atoms with Crippen molar-refractivity contribution in [2.75, 3.05) is 5.32 Å². The molecule has 0 bridgehead atoms. The Kier molecular flexibility index (Phi) is 6.77. The van der Waals surface area contributed by atoms with Gasteiger partial charge in [0.05, 0.1) is 0 Å². The molecule has 0 fully saturated rings. The summed E-state index contributed by atoms with van der Waals surface area (Å²) < 4.78 is 5.86. The van der Waals surface area contributed by atoms with E-state index in [0.717, 1.165) is 28.3 Å². The Balaban J connectivity index is 1.54. The molecule has 1 amide bonds. The van der Waals surface area contributed by atoms with Gasteiger partial charge < -0.3 is 10.1 Å². The molecule has 28 heavy (non-hydrogen) atoms. The number of rotatable bonds is 7. The third-order valence-electron chi connectivity index (χ3n) is 4.39. The van der Waals surface area contributed by atoms with Crippen LogP contribution in [0.4, 0.5) is 5.69 Å². The van der Waals surface area contributed by atoms with Gasteiger partial charge in [0.1, 0.15) is 5.75 Å². The van der Waals surface area contributed by atoms with E-state index in [9.17, 15) is 4.79 Å². The molecule has 1 atom stereocenters. The topological polar surface area (TPSA) is 38.3 Å². The highest BCUT2D eigenvalue weighted by Crippen LogP contribution is 2.24. The first kappa shape index (κ1) is 20.0. The predicted molar refractivity (Wildman–Crippen MR) is 117 cm³/mol. The first-order valence-corrected chi connectivity index (χ1v) is 10.3. The summed E-state index contributed by atoms with van der Waals surface area (Å²) in [4.78, 5) is 13.7. The lowest BCUT2D eigenvalue weighted by molar-refractivity contribution is -0.122. The average Bonchev–Trinajstić information content (AvgIpc) is 2.71. The van der Waals surface area contributed by atoms with Gasteiger partial charge in [0, 0.05) is 16.3 Å². The van der Waals surface area contributed by atoms with Gasteiger partial charge in [-0.1, -0.05) is 42.5 Å². The summed E-state index contributed by atoms with van der Waals surface area (Å²) in [5, 5.41) is 2.93. The molecule has 0 aromatic heterocycles. The van der Waals surface area contributed by atoms with Crippen LogP contribution in [-0.2, 0) is 10.5 Å². The molecule has 0 aliphatic rings. The van der Waals surface area contributed by atoms with Crippen LogP contribution >= 0.6 is 11.8 Å². The first-order chi connectivity index (χ1) is 13.5. The quantitative estimate of drug-likeness (QED) is 0.502. The zero-order chi connectivity index (χ0) is 19.9. The van der Waals surface area contributed by atoms with Crippen molar-refractivity contribution in [1.82, 2.24) is 0 Å². The van der Waals surface area contributed by atoms with Crippen molar-refractivity contribution in [2.45, 2.75) is 37.5 Å². The first-order valence-electron chi connectivity index (χ1n) is 9.33. The summed E-state index contributed by atoms with van der Waals surface area (Å²) in [5.74, 6) is 1.48. The number of carbonyl (C=O) groups excluding carboxylic acids is 1. The maximum absolute atomic E-state index is 12.5. The van der Waals surface area contributed by atoms with E-state index < -0.39 is 6.10 Å². The summed E-state index contributed by atoms with van der Waals surface area (Å²) in [5.41, 5.74) is 4.11. The van der Waals surface area contributed by atoms with Crippen LogP contribution in [0.15, 0.2) is 77.7 Å². The number of amides is 1. The van der Waals surface area contributed by atoms with E-state index in [2.05, 4.69) is 17.4 Å². The molecule has 144 valence electrons.